The molecule has 2 spiro atoms. The minimum absolute atomic E-state index is 0.0560. The molecule has 0 bridgehead atoms. The maximum absolute atomic E-state index is 12.3. The average molecular weight is 429 g/mol. The Balaban J connectivity index is 1.37. The zero-order chi connectivity index (χ0) is 22.4. The second-order valence-corrected chi connectivity index (χ2v) is 13.8. The van der Waals surface area contributed by atoms with Crippen molar-refractivity contribution in [1.29, 1.82) is 0 Å². The van der Waals surface area contributed by atoms with Crippen molar-refractivity contribution in [2.75, 3.05) is 0 Å². The summed E-state index contributed by atoms with van der Waals surface area (Å²) in [6, 6.07) is 0. The molecule has 5 aliphatic rings. The van der Waals surface area contributed by atoms with E-state index in [1.165, 1.54) is 51.4 Å². The summed E-state index contributed by atoms with van der Waals surface area (Å²) >= 11 is 0. The quantitative estimate of drug-likeness (QED) is 0.510. The van der Waals surface area contributed by atoms with Crippen LogP contribution in [0.25, 0.3) is 0 Å². The molecule has 5 aliphatic carbocycles. The molecule has 0 heterocycles. The molecule has 2 heteroatoms. The molecule has 0 saturated heterocycles. The van der Waals surface area contributed by atoms with Crippen molar-refractivity contribution < 1.29 is 9.90 Å². The molecule has 5 rings (SSSR count). The van der Waals surface area contributed by atoms with Crippen LogP contribution in [0, 0.1) is 57.2 Å². The molecule has 0 aliphatic heterocycles. The maximum atomic E-state index is 12.3. The van der Waals surface area contributed by atoms with E-state index in [0.29, 0.717) is 39.3 Å². The number of Topliss-reactive ketones (excluding diaryl/α,β-unsaturated/α-hetero) is 1. The van der Waals surface area contributed by atoms with Gasteiger partial charge in [0.2, 0.25) is 0 Å². The Morgan fingerprint density at radius 2 is 1.68 bits per heavy atom. The van der Waals surface area contributed by atoms with E-state index >= 15 is 0 Å². The highest BCUT2D eigenvalue weighted by molar-refractivity contribution is 5.80. The normalized spacial score (nSPS) is 53.9. The fraction of sp³-hybridized carbons (Fsp3) is 0.966. The Morgan fingerprint density at radius 1 is 0.935 bits per heavy atom. The number of carbonyl (C=O) groups excluding carboxylic acids is 1. The highest BCUT2D eigenvalue weighted by Crippen LogP contribution is 2.88. The largest absolute Gasteiger partial charge is 0.393 e. The second-order valence-electron chi connectivity index (χ2n) is 13.8. The topological polar surface area (TPSA) is 37.3 Å². The van der Waals surface area contributed by atoms with Crippen molar-refractivity contribution in [3.8, 4) is 0 Å². The molecule has 5 saturated carbocycles. The van der Waals surface area contributed by atoms with Gasteiger partial charge in [-0.1, -0.05) is 41.5 Å². The number of aliphatic hydroxyl groups excluding tert-OH is 1. The third-order valence-electron chi connectivity index (χ3n) is 12.9. The SMILES string of the molecule is CC(C)C(=O)CC[C@@H](C)[C@H]1CC[C@@]2(C)[C@@H]3CC[C@H]4[C@H](C)[C@H](O)CC[C@@]45C[C@@]35CC[C@]12C. The van der Waals surface area contributed by atoms with Crippen LogP contribution in [0.4, 0.5) is 0 Å². The second kappa shape index (κ2) is 7.07. The summed E-state index contributed by atoms with van der Waals surface area (Å²) in [7, 11) is 0. The Morgan fingerprint density at radius 3 is 2.39 bits per heavy atom. The first-order valence-electron chi connectivity index (χ1n) is 13.7. The van der Waals surface area contributed by atoms with Crippen LogP contribution < -0.4 is 0 Å². The van der Waals surface area contributed by atoms with Crippen LogP contribution in [0.2, 0.25) is 0 Å². The van der Waals surface area contributed by atoms with Crippen molar-refractivity contribution in [3.63, 3.8) is 0 Å². The summed E-state index contributed by atoms with van der Waals surface area (Å²) in [6.45, 7) is 14.3. The molecule has 10 atom stereocenters. The van der Waals surface area contributed by atoms with Gasteiger partial charge in [-0.05, 0) is 115 Å². The van der Waals surface area contributed by atoms with Crippen LogP contribution in [-0.2, 0) is 4.79 Å². The first kappa shape index (κ1) is 22.4. The smallest absolute Gasteiger partial charge is 0.135 e. The van der Waals surface area contributed by atoms with Gasteiger partial charge in [0.05, 0.1) is 6.10 Å². The maximum Gasteiger partial charge on any atom is 0.135 e. The van der Waals surface area contributed by atoms with Crippen LogP contribution in [0.1, 0.15) is 112 Å². The van der Waals surface area contributed by atoms with E-state index in [9.17, 15) is 9.90 Å². The first-order valence-corrected chi connectivity index (χ1v) is 13.7. The van der Waals surface area contributed by atoms with E-state index in [1.807, 2.05) is 0 Å². The third kappa shape index (κ3) is 2.75. The van der Waals surface area contributed by atoms with Gasteiger partial charge in [-0.2, -0.15) is 0 Å². The first-order chi connectivity index (χ1) is 14.5. The van der Waals surface area contributed by atoms with E-state index in [1.54, 1.807) is 0 Å². The molecule has 0 aromatic rings. The van der Waals surface area contributed by atoms with E-state index in [4.69, 9.17) is 0 Å². The van der Waals surface area contributed by atoms with Crippen LogP contribution in [0.3, 0.4) is 0 Å². The third-order valence-corrected chi connectivity index (χ3v) is 12.9. The Hall–Kier alpha value is -0.370. The van der Waals surface area contributed by atoms with Crippen LogP contribution in [0.5, 0.6) is 0 Å². The summed E-state index contributed by atoms with van der Waals surface area (Å²) in [4.78, 5) is 12.3. The zero-order valence-corrected chi connectivity index (χ0v) is 21.2. The molecule has 0 amide bonds. The molecule has 176 valence electrons. The summed E-state index contributed by atoms with van der Waals surface area (Å²) in [6.07, 6.45) is 14.0. The summed E-state index contributed by atoms with van der Waals surface area (Å²) in [5.74, 6) is 4.26. The molecule has 0 radical (unpaired) electrons. The van der Waals surface area contributed by atoms with Crippen molar-refractivity contribution in [2.45, 2.75) is 118 Å². The van der Waals surface area contributed by atoms with E-state index in [2.05, 4.69) is 41.5 Å². The van der Waals surface area contributed by atoms with Crippen LogP contribution in [0.15, 0.2) is 0 Å². The number of ketones is 1. The molecule has 5 fully saturated rings. The zero-order valence-electron chi connectivity index (χ0n) is 21.2. The van der Waals surface area contributed by atoms with Gasteiger partial charge in [0.25, 0.3) is 0 Å². The number of hydrogen-bond donors (Lipinski definition) is 1. The predicted molar refractivity (Wildman–Crippen MR) is 127 cm³/mol. The number of aliphatic hydroxyl groups is 1. The van der Waals surface area contributed by atoms with E-state index in [0.717, 1.165) is 37.0 Å². The molecule has 0 aromatic carbocycles. The molecular weight excluding hydrogens is 380 g/mol. The van der Waals surface area contributed by atoms with Gasteiger partial charge in [-0.25, -0.2) is 0 Å². The number of fused-ring (bicyclic) bond motifs is 2. The van der Waals surface area contributed by atoms with E-state index in [-0.39, 0.29) is 12.0 Å². The van der Waals surface area contributed by atoms with Crippen molar-refractivity contribution in [3.05, 3.63) is 0 Å². The molecule has 1 N–H and O–H groups in total. The van der Waals surface area contributed by atoms with Gasteiger partial charge >= 0.3 is 0 Å². The molecule has 31 heavy (non-hydrogen) atoms. The van der Waals surface area contributed by atoms with E-state index < -0.39 is 0 Å². The fourth-order valence-electron chi connectivity index (χ4n) is 10.8. The predicted octanol–water partition coefficient (Wildman–Crippen LogP) is 7.04. The number of hydrogen-bond acceptors (Lipinski definition) is 2. The minimum Gasteiger partial charge on any atom is -0.393 e. The van der Waals surface area contributed by atoms with Crippen molar-refractivity contribution in [1.82, 2.24) is 0 Å². The lowest BCUT2D eigenvalue weighted by Crippen LogP contribution is -2.56. The van der Waals surface area contributed by atoms with Gasteiger partial charge in [0, 0.05) is 12.3 Å². The van der Waals surface area contributed by atoms with Gasteiger partial charge in [-0.15, -0.1) is 0 Å². The van der Waals surface area contributed by atoms with Gasteiger partial charge in [0.1, 0.15) is 5.78 Å². The van der Waals surface area contributed by atoms with Gasteiger partial charge < -0.3 is 5.11 Å². The van der Waals surface area contributed by atoms with Crippen molar-refractivity contribution >= 4 is 5.78 Å². The van der Waals surface area contributed by atoms with Gasteiger partial charge in [0.15, 0.2) is 0 Å². The number of rotatable bonds is 5. The van der Waals surface area contributed by atoms with Crippen LogP contribution in [-0.4, -0.2) is 17.0 Å². The fourth-order valence-corrected chi connectivity index (χ4v) is 10.8. The Labute approximate surface area is 191 Å². The molecule has 0 unspecified atom stereocenters. The monoisotopic (exact) mass is 428 g/mol. The lowest BCUT2D eigenvalue weighted by atomic mass is 9.43. The summed E-state index contributed by atoms with van der Waals surface area (Å²) < 4.78 is 0. The summed E-state index contributed by atoms with van der Waals surface area (Å²) in [5.41, 5.74) is 2.09. The standard InChI is InChI=1S/C29H48O2/c1-18(2)23(30)9-7-19(3)21-11-13-27(6)25-10-8-22-20(4)24(31)12-14-28(22)17-29(25,28)16-15-26(21,27)5/h18-22,24-25,31H,7-17H2,1-6H3/t19-,20+,21-,22+,24-,25+,26-,27+,28-,29+/m1/s1. The minimum atomic E-state index is -0.0560. The lowest BCUT2D eigenvalue weighted by Gasteiger charge is -2.62. The Bertz CT molecular complexity index is 743. The van der Waals surface area contributed by atoms with Crippen molar-refractivity contribution in [2.24, 2.45) is 57.2 Å². The molecule has 2 nitrogen and oxygen atoms in total. The number of carbonyl (C=O) groups is 1. The Kier molecular flexibility index (Phi) is 5.11. The summed E-state index contributed by atoms with van der Waals surface area (Å²) in [5, 5.41) is 10.6. The van der Waals surface area contributed by atoms with Gasteiger partial charge in [-0.3, -0.25) is 4.79 Å². The molecular formula is C29H48O2. The molecule has 0 aromatic heterocycles. The highest BCUT2D eigenvalue weighted by atomic mass is 16.3. The highest BCUT2D eigenvalue weighted by Gasteiger charge is 2.81. The average Bonchev–Trinajstić information content (AvgIpc) is 3.31. The van der Waals surface area contributed by atoms with Crippen LogP contribution >= 0.6 is 0 Å². The lowest BCUT2D eigenvalue weighted by molar-refractivity contribution is -0.143.